The van der Waals surface area contributed by atoms with Gasteiger partial charge in [0.05, 0.1) is 0 Å². The minimum Gasteiger partial charge on any atom is -0.348 e. The Balaban J connectivity index is 2.06. The Hall–Kier alpha value is -1.75. The topological polar surface area (TPSA) is 42.0 Å². The van der Waals surface area contributed by atoms with Gasteiger partial charge in [-0.3, -0.25) is 9.78 Å². The molecule has 0 bridgehead atoms. The monoisotopic (exact) mass is 322 g/mol. The van der Waals surface area contributed by atoms with E-state index in [-0.39, 0.29) is 18.3 Å². The van der Waals surface area contributed by atoms with Gasteiger partial charge in [-0.25, -0.2) is 4.39 Å². The summed E-state index contributed by atoms with van der Waals surface area (Å²) >= 11 is 3.27. The van der Waals surface area contributed by atoms with Crippen LogP contribution in [-0.4, -0.2) is 10.9 Å². The van der Waals surface area contributed by atoms with E-state index in [4.69, 9.17) is 0 Å². The summed E-state index contributed by atoms with van der Waals surface area (Å²) in [6, 6.07) is 7.94. The van der Waals surface area contributed by atoms with E-state index >= 15 is 0 Å². The van der Waals surface area contributed by atoms with Gasteiger partial charge >= 0.3 is 0 Å². The van der Waals surface area contributed by atoms with Crippen LogP contribution < -0.4 is 5.32 Å². The SMILES string of the molecule is Cc1cc(C(=O)NCc2cc(Br)ccc2F)ccn1. The molecule has 0 unspecified atom stereocenters. The standard InChI is InChI=1S/C14H12BrFN2O/c1-9-6-10(4-5-17-9)14(19)18-8-11-7-12(15)2-3-13(11)16/h2-7H,8H2,1H3,(H,18,19). The van der Waals surface area contributed by atoms with Crippen molar-refractivity contribution in [3.63, 3.8) is 0 Å². The average molecular weight is 323 g/mol. The number of carbonyl (C=O) groups excluding carboxylic acids is 1. The molecule has 0 radical (unpaired) electrons. The van der Waals surface area contributed by atoms with Gasteiger partial charge in [-0.2, -0.15) is 0 Å². The molecule has 1 amide bonds. The lowest BCUT2D eigenvalue weighted by molar-refractivity contribution is 0.0950. The van der Waals surface area contributed by atoms with Crippen molar-refractivity contribution in [1.82, 2.24) is 10.3 Å². The van der Waals surface area contributed by atoms with E-state index in [1.54, 1.807) is 30.5 Å². The summed E-state index contributed by atoms with van der Waals surface area (Å²) < 4.78 is 14.3. The van der Waals surface area contributed by atoms with Gasteiger partial charge in [0.25, 0.3) is 5.91 Å². The maximum Gasteiger partial charge on any atom is 0.251 e. The first kappa shape index (κ1) is 13.7. The summed E-state index contributed by atoms with van der Waals surface area (Å²) in [5.41, 5.74) is 1.72. The first-order valence-corrected chi connectivity index (χ1v) is 6.50. The second-order valence-corrected chi connectivity index (χ2v) is 5.02. The minimum absolute atomic E-state index is 0.144. The number of nitrogens with zero attached hydrogens (tertiary/aromatic N) is 1. The fourth-order valence-electron chi connectivity index (χ4n) is 1.64. The molecule has 1 N–H and O–H groups in total. The quantitative estimate of drug-likeness (QED) is 0.942. The molecule has 0 aliphatic rings. The third-order valence-electron chi connectivity index (χ3n) is 2.61. The summed E-state index contributed by atoms with van der Waals surface area (Å²) in [5, 5.41) is 2.68. The fraction of sp³-hybridized carbons (Fsp3) is 0.143. The van der Waals surface area contributed by atoms with Gasteiger partial charge < -0.3 is 5.32 Å². The third-order valence-corrected chi connectivity index (χ3v) is 3.10. The van der Waals surface area contributed by atoms with Crippen LogP contribution in [0.25, 0.3) is 0 Å². The van der Waals surface area contributed by atoms with Gasteiger partial charge in [0, 0.05) is 34.0 Å². The van der Waals surface area contributed by atoms with Crippen LogP contribution in [0.1, 0.15) is 21.6 Å². The average Bonchev–Trinajstić information content (AvgIpc) is 2.39. The van der Waals surface area contributed by atoms with Gasteiger partial charge in [0.1, 0.15) is 5.82 Å². The van der Waals surface area contributed by atoms with E-state index in [1.165, 1.54) is 6.07 Å². The molecule has 5 heteroatoms. The van der Waals surface area contributed by atoms with Gasteiger partial charge in [-0.1, -0.05) is 15.9 Å². The maximum absolute atomic E-state index is 13.5. The first-order valence-electron chi connectivity index (χ1n) is 5.71. The zero-order valence-electron chi connectivity index (χ0n) is 10.3. The number of carbonyl (C=O) groups is 1. The summed E-state index contributed by atoms with van der Waals surface area (Å²) in [4.78, 5) is 15.9. The molecule has 1 aromatic carbocycles. The number of halogens is 2. The minimum atomic E-state index is -0.339. The van der Waals surface area contributed by atoms with Crippen LogP contribution in [0.2, 0.25) is 0 Å². The zero-order valence-corrected chi connectivity index (χ0v) is 11.9. The number of hydrogen-bond donors (Lipinski definition) is 1. The van der Waals surface area contributed by atoms with Crippen LogP contribution in [0.5, 0.6) is 0 Å². The predicted octanol–water partition coefficient (Wildman–Crippen LogP) is 3.22. The zero-order chi connectivity index (χ0) is 13.8. The number of amides is 1. The second kappa shape index (κ2) is 5.93. The van der Waals surface area contributed by atoms with E-state index in [0.29, 0.717) is 11.1 Å². The van der Waals surface area contributed by atoms with Gasteiger partial charge in [-0.15, -0.1) is 0 Å². The predicted molar refractivity (Wildman–Crippen MR) is 74.2 cm³/mol. The highest BCUT2D eigenvalue weighted by Crippen LogP contribution is 2.15. The molecule has 1 aromatic heterocycles. The fourth-order valence-corrected chi connectivity index (χ4v) is 2.05. The largest absolute Gasteiger partial charge is 0.348 e. The molecule has 1 heterocycles. The van der Waals surface area contributed by atoms with Crippen LogP contribution in [-0.2, 0) is 6.54 Å². The number of rotatable bonds is 3. The van der Waals surface area contributed by atoms with E-state index in [9.17, 15) is 9.18 Å². The Morgan fingerprint density at radius 3 is 2.89 bits per heavy atom. The number of nitrogens with one attached hydrogen (secondary N) is 1. The molecule has 0 aliphatic carbocycles. The lowest BCUT2D eigenvalue weighted by Gasteiger charge is -2.07. The Morgan fingerprint density at radius 1 is 1.37 bits per heavy atom. The first-order chi connectivity index (χ1) is 9.06. The number of aryl methyl sites for hydroxylation is 1. The summed E-state index contributed by atoms with van der Waals surface area (Å²) in [6.45, 7) is 1.95. The summed E-state index contributed by atoms with van der Waals surface area (Å²) in [5.74, 6) is -0.584. The smallest absolute Gasteiger partial charge is 0.251 e. The highest BCUT2D eigenvalue weighted by atomic mass is 79.9. The maximum atomic E-state index is 13.5. The van der Waals surface area contributed by atoms with Crippen LogP contribution in [0.15, 0.2) is 41.0 Å². The van der Waals surface area contributed by atoms with Gasteiger partial charge in [0.2, 0.25) is 0 Å². The molecule has 19 heavy (non-hydrogen) atoms. The van der Waals surface area contributed by atoms with Crippen LogP contribution in [0.4, 0.5) is 4.39 Å². The lowest BCUT2D eigenvalue weighted by atomic mass is 10.2. The molecule has 0 aliphatic heterocycles. The van der Waals surface area contributed by atoms with Crippen molar-refractivity contribution in [2.75, 3.05) is 0 Å². The number of aromatic nitrogens is 1. The Labute approximate surface area is 119 Å². The van der Waals surface area contributed by atoms with Crippen molar-refractivity contribution in [2.24, 2.45) is 0 Å². The van der Waals surface area contributed by atoms with E-state index in [0.717, 1.165) is 10.2 Å². The molecular formula is C14H12BrFN2O. The lowest BCUT2D eigenvalue weighted by Crippen LogP contribution is -2.23. The Bertz CT molecular complexity index is 616. The molecule has 0 fully saturated rings. The normalized spacial score (nSPS) is 10.3. The van der Waals surface area contributed by atoms with Crippen molar-refractivity contribution in [2.45, 2.75) is 13.5 Å². The van der Waals surface area contributed by atoms with Crippen LogP contribution >= 0.6 is 15.9 Å². The second-order valence-electron chi connectivity index (χ2n) is 4.10. The van der Waals surface area contributed by atoms with Crippen molar-refractivity contribution in [1.29, 1.82) is 0 Å². The molecule has 2 aromatic rings. The highest BCUT2D eigenvalue weighted by molar-refractivity contribution is 9.10. The molecular weight excluding hydrogens is 311 g/mol. The summed E-state index contributed by atoms with van der Waals surface area (Å²) in [6.07, 6.45) is 1.57. The molecule has 3 nitrogen and oxygen atoms in total. The Kier molecular flexibility index (Phi) is 4.27. The molecule has 0 saturated carbocycles. The highest BCUT2D eigenvalue weighted by Gasteiger charge is 2.08. The molecule has 0 spiro atoms. The van der Waals surface area contributed by atoms with Gasteiger partial charge in [-0.05, 0) is 37.3 Å². The number of benzene rings is 1. The van der Waals surface area contributed by atoms with E-state index in [2.05, 4.69) is 26.2 Å². The van der Waals surface area contributed by atoms with E-state index in [1.807, 2.05) is 6.92 Å². The Morgan fingerprint density at radius 2 is 2.16 bits per heavy atom. The molecule has 0 atom stereocenters. The van der Waals surface area contributed by atoms with Crippen molar-refractivity contribution in [3.05, 3.63) is 63.6 Å². The van der Waals surface area contributed by atoms with Crippen molar-refractivity contribution < 1.29 is 9.18 Å². The van der Waals surface area contributed by atoms with Gasteiger partial charge in [0.15, 0.2) is 0 Å². The molecule has 2 rings (SSSR count). The molecule has 98 valence electrons. The van der Waals surface area contributed by atoms with Crippen LogP contribution in [0.3, 0.4) is 0 Å². The van der Waals surface area contributed by atoms with E-state index < -0.39 is 0 Å². The summed E-state index contributed by atoms with van der Waals surface area (Å²) in [7, 11) is 0. The third kappa shape index (κ3) is 3.61. The number of pyridine rings is 1. The molecule has 0 saturated heterocycles. The number of hydrogen-bond acceptors (Lipinski definition) is 2. The van der Waals surface area contributed by atoms with Crippen LogP contribution in [0, 0.1) is 12.7 Å². The van der Waals surface area contributed by atoms with Crippen molar-refractivity contribution >= 4 is 21.8 Å². The van der Waals surface area contributed by atoms with Crippen molar-refractivity contribution in [3.8, 4) is 0 Å².